The first-order chi connectivity index (χ1) is 18.8. The van der Waals surface area contributed by atoms with Gasteiger partial charge in [0.25, 0.3) is 11.8 Å². The zero-order valence-electron chi connectivity index (χ0n) is 21.4. The number of thioether (sulfide) groups is 1. The van der Waals surface area contributed by atoms with Crippen molar-refractivity contribution in [2.24, 2.45) is 0 Å². The summed E-state index contributed by atoms with van der Waals surface area (Å²) in [6.45, 7) is 6.39. The van der Waals surface area contributed by atoms with Crippen LogP contribution in [0.4, 0.5) is 5.69 Å². The van der Waals surface area contributed by atoms with Crippen molar-refractivity contribution >= 4 is 58.4 Å². The Morgan fingerprint density at radius 1 is 1.10 bits per heavy atom. The molecule has 206 valence electrons. The number of nitrogens with one attached hydrogen (secondary N) is 2. The van der Waals surface area contributed by atoms with Crippen LogP contribution in [0.25, 0.3) is 0 Å². The number of aromatic nitrogens is 3. The number of amides is 3. The third kappa shape index (κ3) is 7.30. The number of nitrogens with zero attached hydrogens (tertiary/aromatic N) is 4. The van der Waals surface area contributed by atoms with Gasteiger partial charge in [0.2, 0.25) is 5.91 Å². The van der Waals surface area contributed by atoms with Crippen LogP contribution < -0.4 is 10.6 Å². The summed E-state index contributed by atoms with van der Waals surface area (Å²) in [5.74, 6) is -0.0688. The molecule has 3 aromatic rings. The summed E-state index contributed by atoms with van der Waals surface area (Å²) < 4.78 is 7.15. The third-order valence-electron chi connectivity index (χ3n) is 6.00. The van der Waals surface area contributed by atoms with E-state index >= 15 is 0 Å². The summed E-state index contributed by atoms with van der Waals surface area (Å²) >= 11 is 13.3. The van der Waals surface area contributed by atoms with Crippen LogP contribution >= 0.6 is 35.0 Å². The Kier molecular flexibility index (Phi) is 9.84. The summed E-state index contributed by atoms with van der Waals surface area (Å²) in [6.07, 6.45) is 0. The first-order valence-electron chi connectivity index (χ1n) is 12.4. The third-order valence-corrected chi connectivity index (χ3v) is 7.51. The summed E-state index contributed by atoms with van der Waals surface area (Å²) in [5.41, 5.74) is 1.35. The van der Waals surface area contributed by atoms with Crippen LogP contribution in [0.1, 0.15) is 46.4 Å². The van der Waals surface area contributed by atoms with Gasteiger partial charge in [0.05, 0.1) is 35.6 Å². The molecule has 0 spiro atoms. The van der Waals surface area contributed by atoms with Crippen molar-refractivity contribution in [1.82, 2.24) is 25.0 Å². The number of carbonyl (C=O) groups is 3. The van der Waals surface area contributed by atoms with Crippen LogP contribution in [0.15, 0.2) is 47.6 Å². The fraction of sp³-hybridized carbons (Fsp3) is 0.346. The molecule has 10 nitrogen and oxygen atoms in total. The van der Waals surface area contributed by atoms with Gasteiger partial charge in [-0.15, -0.1) is 10.2 Å². The van der Waals surface area contributed by atoms with E-state index in [1.165, 1.54) is 17.8 Å². The van der Waals surface area contributed by atoms with E-state index in [0.717, 1.165) is 0 Å². The molecule has 0 radical (unpaired) electrons. The van der Waals surface area contributed by atoms with Crippen LogP contribution in [0, 0.1) is 0 Å². The van der Waals surface area contributed by atoms with Crippen LogP contribution in [-0.2, 0) is 16.1 Å². The first-order valence-corrected chi connectivity index (χ1v) is 14.1. The predicted molar refractivity (Wildman–Crippen MR) is 151 cm³/mol. The molecule has 2 N–H and O–H groups in total. The van der Waals surface area contributed by atoms with Gasteiger partial charge in [-0.3, -0.25) is 14.4 Å². The summed E-state index contributed by atoms with van der Waals surface area (Å²) in [6, 6.07) is 11.1. The molecule has 39 heavy (non-hydrogen) atoms. The lowest BCUT2D eigenvalue weighted by atomic mass is 10.1. The van der Waals surface area contributed by atoms with Crippen molar-refractivity contribution in [3.63, 3.8) is 0 Å². The molecule has 1 aliphatic rings. The zero-order valence-corrected chi connectivity index (χ0v) is 23.8. The van der Waals surface area contributed by atoms with Gasteiger partial charge in [-0.25, -0.2) is 0 Å². The van der Waals surface area contributed by atoms with Crippen LogP contribution in [0.2, 0.25) is 10.0 Å². The lowest BCUT2D eigenvalue weighted by Gasteiger charge is -2.27. The predicted octanol–water partition coefficient (Wildman–Crippen LogP) is 4.30. The molecule has 0 saturated carbocycles. The highest BCUT2D eigenvalue weighted by Crippen LogP contribution is 2.24. The molecule has 1 saturated heterocycles. The minimum atomic E-state index is -0.466. The maximum atomic E-state index is 12.8. The van der Waals surface area contributed by atoms with Crippen molar-refractivity contribution in [3.8, 4) is 0 Å². The topological polar surface area (TPSA) is 118 Å². The SMILES string of the molecule is CCn1c(SCC(=O)Nc2cccc(C(=O)N3CCOCC3)c2)nnc1[C@@H](C)NC(=O)c1ccc(Cl)cc1Cl. The van der Waals surface area contributed by atoms with E-state index in [-0.39, 0.29) is 28.5 Å². The average molecular weight is 592 g/mol. The van der Waals surface area contributed by atoms with Crippen molar-refractivity contribution in [3.05, 3.63) is 69.5 Å². The average Bonchev–Trinajstić information content (AvgIpc) is 3.35. The second kappa shape index (κ2) is 13.3. The van der Waals surface area contributed by atoms with Crippen molar-refractivity contribution in [2.45, 2.75) is 31.6 Å². The van der Waals surface area contributed by atoms with Gasteiger partial charge in [-0.05, 0) is 50.2 Å². The number of hydrogen-bond acceptors (Lipinski definition) is 7. The molecular weight excluding hydrogens is 563 g/mol. The van der Waals surface area contributed by atoms with Gasteiger partial charge in [0.1, 0.15) is 0 Å². The number of ether oxygens (including phenoxy) is 1. The molecule has 2 aromatic carbocycles. The Bertz CT molecular complexity index is 1360. The van der Waals surface area contributed by atoms with E-state index in [4.69, 9.17) is 27.9 Å². The number of carbonyl (C=O) groups excluding carboxylic acids is 3. The van der Waals surface area contributed by atoms with E-state index in [1.54, 1.807) is 48.2 Å². The van der Waals surface area contributed by atoms with Gasteiger partial charge in [0, 0.05) is 35.9 Å². The van der Waals surface area contributed by atoms with Gasteiger partial charge in [0.15, 0.2) is 11.0 Å². The number of rotatable bonds is 9. The van der Waals surface area contributed by atoms with Gasteiger partial charge in [-0.1, -0.05) is 41.0 Å². The summed E-state index contributed by atoms with van der Waals surface area (Å²) in [4.78, 5) is 39.9. The molecule has 0 aliphatic carbocycles. The molecule has 2 heterocycles. The maximum Gasteiger partial charge on any atom is 0.254 e. The second-order valence-corrected chi connectivity index (χ2v) is 10.5. The number of benzene rings is 2. The van der Waals surface area contributed by atoms with Gasteiger partial charge in [-0.2, -0.15) is 0 Å². The van der Waals surface area contributed by atoms with Gasteiger partial charge < -0.3 is 24.8 Å². The molecule has 1 aromatic heterocycles. The lowest BCUT2D eigenvalue weighted by molar-refractivity contribution is -0.113. The zero-order chi connectivity index (χ0) is 27.9. The van der Waals surface area contributed by atoms with Crippen molar-refractivity contribution < 1.29 is 19.1 Å². The minimum Gasteiger partial charge on any atom is -0.378 e. The molecule has 1 atom stereocenters. The summed E-state index contributed by atoms with van der Waals surface area (Å²) in [7, 11) is 0. The number of morpholine rings is 1. The quantitative estimate of drug-likeness (QED) is 0.357. The molecule has 3 amide bonds. The second-order valence-electron chi connectivity index (χ2n) is 8.73. The van der Waals surface area contributed by atoms with E-state index in [2.05, 4.69) is 20.8 Å². The molecule has 0 unspecified atom stereocenters. The van der Waals surface area contributed by atoms with E-state index in [9.17, 15) is 14.4 Å². The molecular formula is C26H28Cl2N6O4S. The highest BCUT2D eigenvalue weighted by atomic mass is 35.5. The van der Waals surface area contributed by atoms with E-state index in [0.29, 0.717) is 65.7 Å². The highest BCUT2D eigenvalue weighted by molar-refractivity contribution is 7.99. The van der Waals surface area contributed by atoms with Crippen LogP contribution in [0.3, 0.4) is 0 Å². The Balaban J connectivity index is 1.35. The fourth-order valence-corrected chi connectivity index (χ4v) is 5.35. The van der Waals surface area contributed by atoms with Crippen molar-refractivity contribution in [2.75, 3.05) is 37.4 Å². The fourth-order valence-electron chi connectivity index (χ4n) is 4.04. The Hall–Kier alpha value is -3.12. The van der Waals surface area contributed by atoms with Crippen LogP contribution in [0.5, 0.6) is 0 Å². The maximum absolute atomic E-state index is 12.8. The normalized spacial score (nSPS) is 14.1. The smallest absolute Gasteiger partial charge is 0.254 e. The molecule has 4 rings (SSSR count). The molecule has 0 bridgehead atoms. The van der Waals surface area contributed by atoms with Gasteiger partial charge >= 0.3 is 0 Å². The standard InChI is InChI=1S/C26H28Cl2N6O4S/c1-3-34-23(16(2)29-24(36)20-8-7-18(27)14-21(20)28)31-32-26(34)39-15-22(35)30-19-6-4-5-17(13-19)25(37)33-9-11-38-12-10-33/h4-8,13-14,16H,3,9-12,15H2,1-2H3,(H,29,36)(H,30,35)/t16-/m1/s1. The number of halogens is 2. The summed E-state index contributed by atoms with van der Waals surface area (Å²) in [5, 5.41) is 15.4. The number of hydrogen-bond donors (Lipinski definition) is 2. The highest BCUT2D eigenvalue weighted by Gasteiger charge is 2.22. The monoisotopic (exact) mass is 590 g/mol. The van der Waals surface area contributed by atoms with E-state index < -0.39 is 6.04 Å². The Labute approximate surface area is 240 Å². The van der Waals surface area contributed by atoms with E-state index in [1.807, 2.05) is 11.5 Å². The largest absolute Gasteiger partial charge is 0.378 e. The van der Waals surface area contributed by atoms with Crippen molar-refractivity contribution in [1.29, 1.82) is 0 Å². The minimum absolute atomic E-state index is 0.0842. The van der Waals surface area contributed by atoms with Crippen LogP contribution in [-0.4, -0.2) is 69.4 Å². The molecule has 13 heteroatoms. The Morgan fingerprint density at radius 2 is 1.87 bits per heavy atom. The lowest BCUT2D eigenvalue weighted by Crippen LogP contribution is -2.40. The Morgan fingerprint density at radius 3 is 2.59 bits per heavy atom. The first kappa shape index (κ1) is 28.9. The number of anilines is 1. The molecule has 1 fully saturated rings. The molecule has 1 aliphatic heterocycles.